The van der Waals surface area contributed by atoms with Crippen molar-refractivity contribution in [2.75, 3.05) is 13.2 Å². The molecular formula is C14H19ClN2O2. The Hall–Kier alpha value is -1.13. The first kappa shape index (κ1) is 14.3. The number of pyridine rings is 1. The lowest BCUT2D eigenvalue weighted by Crippen LogP contribution is -2.35. The fraction of sp³-hybridized carbons (Fsp3) is 0.571. The van der Waals surface area contributed by atoms with Crippen molar-refractivity contribution in [2.45, 2.75) is 25.7 Å². The number of halogens is 1. The lowest BCUT2D eigenvalue weighted by Gasteiger charge is -2.30. The Balaban J connectivity index is 1.87. The van der Waals surface area contributed by atoms with E-state index in [1.54, 1.807) is 12.1 Å². The summed E-state index contributed by atoms with van der Waals surface area (Å²) in [6, 6.07) is 3.27. The first-order chi connectivity index (χ1) is 9.20. The normalized spacial score (nSPS) is 23.1. The smallest absolute Gasteiger partial charge is 0.269 e. The Bertz CT molecular complexity index is 422. The van der Waals surface area contributed by atoms with Gasteiger partial charge in [0.25, 0.3) is 5.91 Å². The molecule has 2 unspecified atom stereocenters. The van der Waals surface area contributed by atoms with Crippen LogP contribution in [0.3, 0.4) is 0 Å². The zero-order valence-corrected chi connectivity index (χ0v) is 11.6. The maximum absolute atomic E-state index is 11.9. The molecule has 1 aliphatic rings. The second kappa shape index (κ2) is 6.87. The van der Waals surface area contributed by atoms with Crippen LogP contribution in [0.1, 0.15) is 36.2 Å². The third-order valence-corrected chi connectivity index (χ3v) is 4.01. The number of aromatic nitrogens is 1. The molecule has 1 amide bonds. The maximum atomic E-state index is 11.9. The second-order valence-corrected chi connectivity index (χ2v) is 5.50. The molecular weight excluding hydrogens is 264 g/mol. The van der Waals surface area contributed by atoms with Gasteiger partial charge in [0.15, 0.2) is 0 Å². The highest BCUT2D eigenvalue weighted by molar-refractivity contribution is 6.30. The van der Waals surface area contributed by atoms with Crippen LogP contribution in [-0.2, 0) is 0 Å². The van der Waals surface area contributed by atoms with Crippen molar-refractivity contribution in [1.29, 1.82) is 0 Å². The van der Waals surface area contributed by atoms with Crippen molar-refractivity contribution in [1.82, 2.24) is 10.3 Å². The van der Waals surface area contributed by atoms with E-state index in [1.165, 1.54) is 19.0 Å². The molecule has 2 atom stereocenters. The second-order valence-electron chi connectivity index (χ2n) is 5.06. The quantitative estimate of drug-likeness (QED) is 0.890. The van der Waals surface area contributed by atoms with Crippen LogP contribution in [0.4, 0.5) is 0 Å². The predicted molar refractivity (Wildman–Crippen MR) is 74.1 cm³/mol. The molecule has 2 rings (SSSR count). The van der Waals surface area contributed by atoms with Crippen LogP contribution in [0.15, 0.2) is 18.3 Å². The Labute approximate surface area is 118 Å². The van der Waals surface area contributed by atoms with Crippen LogP contribution < -0.4 is 5.32 Å². The molecule has 0 saturated heterocycles. The van der Waals surface area contributed by atoms with Crippen molar-refractivity contribution in [3.05, 3.63) is 29.0 Å². The number of hydrogen-bond donors (Lipinski definition) is 2. The van der Waals surface area contributed by atoms with E-state index < -0.39 is 0 Å². The standard InChI is InChI=1S/C14H19ClN2O2/c15-12-5-6-13(16-8-12)14(19)17-7-10-3-1-2-4-11(10)9-18/h5-6,8,10-11,18H,1-4,7,9H2,(H,17,19). The summed E-state index contributed by atoms with van der Waals surface area (Å²) in [5.41, 5.74) is 0.376. The van der Waals surface area contributed by atoms with Crippen molar-refractivity contribution >= 4 is 17.5 Å². The van der Waals surface area contributed by atoms with Gasteiger partial charge >= 0.3 is 0 Å². The monoisotopic (exact) mass is 282 g/mol. The van der Waals surface area contributed by atoms with Gasteiger partial charge in [-0.05, 0) is 36.8 Å². The van der Waals surface area contributed by atoms with Gasteiger partial charge < -0.3 is 10.4 Å². The van der Waals surface area contributed by atoms with Gasteiger partial charge in [-0.15, -0.1) is 0 Å². The van der Waals surface area contributed by atoms with E-state index in [9.17, 15) is 9.90 Å². The summed E-state index contributed by atoms with van der Waals surface area (Å²) in [5.74, 6) is 0.501. The number of aliphatic hydroxyl groups is 1. The topological polar surface area (TPSA) is 62.2 Å². The van der Waals surface area contributed by atoms with E-state index in [-0.39, 0.29) is 12.5 Å². The van der Waals surface area contributed by atoms with Crippen LogP contribution in [0.2, 0.25) is 5.02 Å². The number of carbonyl (C=O) groups excluding carboxylic acids is 1. The summed E-state index contributed by atoms with van der Waals surface area (Å²) in [6.45, 7) is 0.814. The Morgan fingerprint density at radius 3 is 2.74 bits per heavy atom. The number of amides is 1. The summed E-state index contributed by atoms with van der Waals surface area (Å²) in [7, 11) is 0. The first-order valence-corrected chi connectivity index (χ1v) is 7.09. The molecule has 1 aliphatic carbocycles. The summed E-state index contributed by atoms with van der Waals surface area (Å²) >= 11 is 5.73. The van der Waals surface area contributed by atoms with Gasteiger partial charge in [-0.2, -0.15) is 0 Å². The fourth-order valence-electron chi connectivity index (χ4n) is 2.62. The van der Waals surface area contributed by atoms with Crippen molar-refractivity contribution < 1.29 is 9.90 Å². The average molecular weight is 283 g/mol. The molecule has 5 heteroatoms. The number of carbonyl (C=O) groups is 1. The van der Waals surface area contributed by atoms with E-state index in [0.717, 1.165) is 12.8 Å². The molecule has 104 valence electrons. The molecule has 0 aliphatic heterocycles. The molecule has 19 heavy (non-hydrogen) atoms. The molecule has 0 bridgehead atoms. The molecule has 0 radical (unpaired) electrons. The average Bonchev–Trinajstić information content (AvgIpc) is 2.45. The Morgan fingerprint density at radius 1 is 1.37 bits per heavy atom. The van der Waals surface area contributed by atoms with E-state index in [0.29, 0.717) is 29.1 Å². The van der Waals surface area contributed by atoms with Crippen molar-refractivity contribution in [3.63, 3.8) is 0 Å². The third kappa shape index (κ3) is 3.91. The third-order valence-electron chi connectivity index (χ3n) is 3.79. The van der Waals surface area contributed by atoms with E-state index in [2.05, 4.69) is 10.3 Å². The molecule has 1 heterocycles. The Morgan fingerprint density at radius 2 is 2.11 bits per heavy atom. The van der Waals surface area contributed by atoms with E-state index in [1.807, 2.05) is 0 Å². The molecule has 0 aromatic carbocycles. The number of nitrogens with one attached hydrogen (secondary N) is 1. The van der Waals surface area contributed by atoms with Gasteiger partial charge in [0.2, 0.25) is 0 Å². The van der Waals surface area contributed by atoms with E-state index in [4.69, 9.17) is 11.6 Å². The molecule has 4 nitrogen and oxygen atoms in total. The highest BCUT2D eigenvalue weighted by atomic mass is 35.5. The van der Waals surface area contributed by atoms with E-state index >= 15 is 0 Å². The first-order valence-electron chi connectivity index (χ1n) is 6.71. The number of aliphatic hydroxyl groups excluding tert-OH is 1. The zero-order chi connectivity index (χ0) is 13.7. The summed E-state index contributed by atoms with van der Waals surface area (Å²) in [4.78, 5) is 15.9. The summed E-state index contributed by atoms with van der Waals surface area (Å²) in [5, 5.41) is 12.7. The molecule has 1 saturated carbocycles. The number of hydrogen-bond acceptors (Lipinski definition) is 3. The van der Waals surface area contributed by atoms with Gasteiger partial charge in [-0.3, -0.25) is 4.79 Å². The largest absolute Gasteiger partial charge is 0.396 e. The fourth-order valence-corrected chi connectivity index (χ4v) is 2.73. The lowest BCUT2D eigenvalue weighted by atomic mass is 9.79. The minimum absolute atomic E-state index is 0.182. The van der Waals surface area contributed by atoms with Crippen LogP contribution in [0, 0.1) is 11.8 Å². The number of rotatable bonds is 4. The summed E-state index contributed by atoms with van der Waals surface area (Å²) < 4.78 is 0. The van der Waals surface area contributed by atoms with Gasteiger partial charge in [-0.25, -0.2) is 4.98 Å². The predicted octanol–water partition coefficient (Wildman–Crippen LogP) is 2.26. The Kier molecular flexibility index (Phi) is 5.16. The highest BCUT2D eigenvalue weighted by Gasteiger charge is 2.24. The van der Waals surface area contributed by atoms with Crippen molar-refractivity contribution in [3.8, 4) is 0 Å². The lowest BCUT2D eigenvalue weighted by molar-refractivity contribution is 0.0904. The van der Waals surface area contributed by atoms with Crippen LogP contribution in [-0.4, -0.2) is 29.1 Å². The molecule has 2 N–H and O–H groups in total. The van der Waals surface area contributed by atoms with Crippen LogP contribution in [0.5, 0.6) is 0 Å². The molecule has 1 aromatic rings. The minimum atomic E-state index is -0.182. The van der Waals surface area contributed by atoms with Crippen LogP contribution in [0.25, 0.3) is 0 Å². The van der Waals surface area contributed by atoms with Gasteiger partial charge in [0, 0.05) is 19.3 Å². The highest BCUT2D eigenvalue weighted by Crippen LogP contribution is 2.29. The van der Waals surface area contributed by atoms with Gasteiger partial charge in [-0.1, -0.05) is 24.4 Å². The maximum Gasteiger partial charge on any atom is 0.269 e. The summed E-state index contributed by atoms with van der Waals surface area (Å²) in [6.07, 6.45) is 5.94. The molecule has 0 spiro atoms. The van der Waals surface area contributed by atoms with Gasteiger partial charge in [0.05, 0.1) is 5.02 Å². The van der Waals surface area contributed by atoms with Crippen LogP contribution >= 0.6 is 11.6 Å². The van der Waals surface area contributed by atoms with Gasteiger partial charge in [0.1, 0.15) is 5.69 Å². The SMILES string of the molecule is O=C(NCC1CCCCC1CO)c1ccc(Cl)cn1. The number of nitrogens with zero attached hydrogens (tertiary/aromatic N) is 1. The zero-order valence-electron chi connectivity index (χ0n) is 10.8. The molecule has 1 fully saturated rings. The van der Waals surface area contributed by atoms with Crippen molar-refractivity contribution in [2.24, 2.45) is 11.8 Å². The minimum Gasteiger partial charge on any atom is -0.396 e. The molecule has 1 aromatic heterocycles.